The van der Waals surface area contributed by atoms with Crippen molar-refractivity contribution in [2.24, 2.45) is 0 Å². The summed E-state index contributed by atoms with van der Waals surface area (Å²) in [5, 5.41) is 0. The largest absolute Gasteiger partial charge is 0.0816 e. The number of halogens is 1. The fourth-order valence-electron chi connectivity index (χ4n) is 0. The first-order chi connectivity index (χ1) is 1.41. The standard InChI is InChI=1S/CHIS.CH4/c2-1-3;/h1H;1H4. The Balaban J connectivity index is 0. The molecule has 0 saturated carbocycles. The van der Waals surface area contributed by atoms with Gasteiger partial charge in [0.15, 0.2) is 0 Å². The Hall–Kier alpha value is 0.820. The number of rotatable bonds is 0. The summed E-state index contributed by atoms with van der Waals surface area (Å²) >= 11 is 6.23. The van der Waals surface area contributed by atoms with Gasteiger partial charge in [-0.2, -0.15) is 0 Å². The Bertz CT molecular complexity index is 13.5. The second-order valence-electron chi connectivity index (χ2n) is 0.0891. The zero-order valence-electron chi connectivity index (χ0n) is 1.36. The fraction of sp³-hybridized carbons (Fsp3) is 0.500. The lowest BCUT2D eigenvalue weighted by Gasteiger charge is -1.23. The summed E-state index contributed by atoms with van der Waals surface area (Å²) < 4.78 is 1.55. The van der Waals surface area contributed by atoms with Crippen LogP contribution < -0.4 is 0 Å². The summed E-state index contributed by atoms with van der Waals surface area (Å²) in [6.07, 6.45) is 0. The van der Waals surface area contributed by atoms with Crippen molar-refractivity contribution in [3.8, 4) is 0 Å². The van der Waals surface area contributed by atoms with E-state index >= 15 is 0 Å². The summed E-state index contributed by atoms with van der Waals surface area (Å²) in [6, 6.07) is 0. The van der Waals surface area contributed by atoms with Crippen LogP contribution in [0, 0.1) is 0 Å². The maximum absolute atomic E-state index is 4.26. The lowest BCUT2D eigenvalue weighted by atomic mass is 12.0. The third kappa shape index (κ3) is 13.9. The number of thiocarbonyl (C=S) groups is 1. The molecule has 0 amide bonds. The Morgan fingerprint density at radius 2 is 1.75 bits per heavy atom. The molecule has 4 heavy (non-hydrogen) atoms. The molecule has 0 rings (SSSR count). The van der Waals surface area contributed by atoms with Crippen molar-refractivity contribution in [2.45, 2.75) is 7.43 Å². The molecule has 0 unspecified atom stereocenters. The molecule has 26 valence electrons. The fourth-order valence-corrected chi connectivity index (χ4v) is 0. The highest BCUT2D eigenvalue weighted by Gasteiger charge is 1.22. The van der Waals surface area contributed by atoms with E-state index in [4.69, 9.17) is 0 Å². The van der Waals surface area contributed by atoms with Crippen molar-refractivity contribution in [1.29, 1.82) is 0 Å². The maximum atomic E-state index is 4.26. The molecule has 2 heteroatoms. The van der Waals surface area contributed by atoms with Crippen LogP contribution in [0.4, 0.5) is 0 Å². The lowest BCUT2D eigenvalue weighted by Crippen LogP contribution is -1.08. The molecule has 0 heterocycles. The van der Waals surface area contributed by atoms with Gasteiger partial charge in [0, 0.05) is 3.37 Å². The maximum Gasteiger partial charge on any atom is 0.0399 e. The minimum absolute atomic E-state index is 0. The molecule has 0 nitrogen and oxygen atoms in total. The van der Waals surface area contributed by atoms with Crippen molar-refractivity contribution in [1.82, 2.24) is 0 Å². The summed E-state index contributed by atoms with van der Waals surface area (Å²) in [7, 11) is 0. The van der Waals surface area contributed by atoms with Gasteiger partial charge in [-0.25, -0.2) is 0 Å². The number of hydrogen-bond donors (Lipinski definition) is 0. The molecule has 0 aromatic carbocycles. The van der Waals surface area contributed by atoms with Crippen LogP contribution in [0.2, 0.25) is 0 Å². The normalized spacial score (nSPS) is 3.25. The second-order valence-corrected chi connectivity index (χ2v) is 1.79. The van der Waals surface area contributed by atoms with E-state index in [9.17, 15) is 0 Å². The predicted octanol–water partition coefficient (Wildman–Crippen LogP) is 2.01. The SMILES string of the molecule is C.S=CI. The molecule has 0 aromatic heterocycles. The highest BCUT2D eigenvalue weighted by molar-refractivity contribution is 14.1. The molecule has 0 fully saturated rings. The van der Waals surface area contributed by atoms with Gasteiger partial charge >= 0.3 is 0 Å². The highest BCUT2D eigenvalue weighted by atomic mass is 127. The van der Waals surface area contributed by atoms with Gasteiger partial charge in [-0.15, -0.1) is 0 Å². The molecule has 0 radical (unpaired) electrons. The Morgan fingerprint density at radius 1 is 1.75 bits per heavy atom. The zero-order chi connectivity index (χ0) is 2.71. The lowest BCUT2D eigenvalue weighted by molar-refractivity contribution is 2.50. The van der Waals surface area contributed by atoms with Gasteiger partial charge in [0.1, 0.15) is 0 Å². The van der Waals surface area contributed by atoms with E-state index in [1.807, 2.05) is 22.6 Å². The third-order valence-electron chi connectivity index (χ3n) is 0. The van der Waals surface area contributed by atoms with Crippen LogP contribution >= 0.6 is 34.8 Å². The van der Waals surface area contributed by atoms with Crippen molar-refractivity contribution < 1.29 is 0 Å². The summed E-state index contributed by atoms with van der Waals surface area (Å²) in [5.74, 6) is 0. The van der Waals surface area contributed by atoms with Gasteiger partial charge in [0.2, 0.25) is 0 Å². The van der Waals surface area contributed by atoms with Crippen LogP contribution in [0.1, 0.15) is 7.43 Å². The third-order valence-corrected chi connectivity index (χ3v) is 0. The molecular weight excluding hydrogens is 183 g/mol. The van der Waals surface area contributed by atoms with Crippen LogP contribution in [0.25, 0.3) is 0 Å². The molecule has 0 aliphatic rings. The van der Waals surface area contributed by atoms with E-state index in [-0.39, 0.29) is 7.43 Å². The smallest absolute Gasteiger partial charge is 0.0399 e. The molecule has 0 saturated heterocycles. The minimum Gasteiger partial charge on any atom is -0.0816 e. The van der Waals surface area contributed by atoms with Crippen molar-refractivity contribution in [3.63, 3.8) is 0 Å². The van der Waals surface area contributed by atoms with E-state index in [0.29, 0.717) is 0 Å². The molecule has 0 N–H and O–H groups in total. The quantitative estimate of drug-likeness (QED) is 0.318. The monoisotopic (exact) mass is 188 g/mol. The van der Waals surface area contributed by atoms with Crippen LogP contribution in [0.3, 0.4) is 0 Å². The first-order valence-electron chi connectivity index (χ1n) is 0.454. The molecule has 0 atom stereocenters. The molecule has 0 aliphatic heterocycles. The predicted molar refractivity (Wildman–Crippen MR) is 34.4 cm³/mol. The van der Waals surface area contributed by atoms with Crippen LogP contribution in [-0.2, 0) is 0 Å². The minimum atomic E-state index is 0. The van der Waals surface area contributed by atoms with Crippen LogP contribution in [-0.4, -0.2) is 3.37 Å². The van der Waals surface area contributed by atoms with E-state index in [1.165, 1.54) is 0 Å². The van der Waals surface area contributed by atoms with Gasteiger partial charge < -0.3 is 0 Å². The van der Waals surface area contributed by atoms with Crippen molar-refractivity contribution in [3.05, 3.63) is 0 Å². The molecular formula is C2H5IS. The van der Waals surface area contributed by atoms with Gasteiger partial charge in [-0.1, -0.05) is 19.6 Å². The van der Waals surface area contributed by atoms with Crippen molar-refractivity contribution in [2.75, 3.05) is 0 Å². The first kappa shape index (κ1) is 8.84. The average Bonchev–Trinajstić information content (AvgIpc) is 0.918. The summed E-state index contributed by atoms with van der Waals surface area (Å²) in [4.78, 5) is 0. The molecule has 0 aliphatic carbocycles. The van der Waals surface area contributed by atoms with Gasteiger partial charge in [0.05, 0.1) is 0 Å². The van der Waals surface area contributed by atoms with Gasteiger partial charge in [0.25, 0.3) is 0 Å². The number of hydrogen-bond acceptors (Lipinski definition) is 1. The second kappa shape index (κ2) is 9.17. The average molecular weight is 188 g/mol. The van der Waals surface area contributed by atoms with Gasteiger partial charge in [-0.05, 0) is 22.6 Å². The summed E-state index contributed by atoms with van der Waals surface area (Å²) in [6.45, 7) is 0. The van der Waals surface area contributed by atoms with Crippen LogP contribution in [0.15, 0.2) is 0 Å². The van der Waals surface area contributed by atoms with E-state index in [1.54, 1.807) is 3.37 Å². The zero-order valence-corrected chi connectivity index (χ0v) is 4.34. The Kier molecular flexibility index (Phi) is 20.3. The Labute approximate surface area is 45.7 Å². The van der Waals surface area contributed by atoms with E-state index in [2.05, 4.69) is 12.2 Å². The topological polar surface area (TPSA) is 0 Å². The molecule has 0 aromatic rings. The molecule has 0 spiro atoms. The molecule has 0 bridgehead atoms. The van der Waals surface area contributed by atoms with Crippen LogP contribution in [0.5, 0.6) is 0 Å². The summed E-state index contributed by atoms with van der Waals surface area (Å²) in [5.41, 5.74) is 0. The van der Waals surface area contributed by atoms with Gasteiger partial charge in [-0.3, -0.25) is 0 Å². The highest BCUT2D eigenvalue weighted by Crippen LogP contribution is 1.61. The first-order valence-corrected chi connectivity index (χ1v) is 2.17. The Morgan fingerprint density at radius 3 is 1.75 bits per heavy atom. The van der Waals surface area contributed by atoms with E-state index < -0.39 is 0 Å². The van der Waals surface area contributed by atoms with Crippen molar-refractivity contribution >= 4 is 38.2 Å². The van der Waals surface area contributed by atoms with E-state index in [0.717, 1.165) is 0 Å².